The normalized spacial score (nSPS) is 12.7. The number of fused-ring (bicyclic) bond motifs is 3. The Labute approximate surface area is 387 Å². The van der Waals surface area contributed by atoms with Gasteiger partial charge in [0.05, 0.1) is 11.0 Å². The fraction of sp³-hybridized carbons (Fsp3) is 0.226. The molecule has 0 saturated carbocycles. The molecule has 1 aromatic heterocycles. The average Bonchev–Trinajstić information content (AvgIpc) is 3.61. The van der Waals surface area contributed by atoms with Crippen molar-refractivity contribution in [2.75, 3.05) is 4.90 Å². The van der Waals surface area contributed by atoms with Gasteiger partial charge in [0.2, 0.25) is 0 Å². The third kappa shape index (κ3) is 9.52. The third-order valence-electron chi connectivity index (χ3n) is 12.5. The molecule has 9 rings (SSSR count). The van der Waals surface area contributed by atoms with Crippen LogP contribution in [0, 0.1) is 10.8 Å². The second-order valence-electron chi connectivity index (χ2n) is 20.9. The summed E-state index contributed by atoms with van der Waals surface area (Å²) in [7, 11) is 0. The number of rotatable bonds is 10. The number of nitrogens with zero attached hydrogens (tertiary/aromatic N) is 2. The van der Waals surface area contributed by atoms with E-state index in [1.165, 1.54) is 55.2 Å². The second kappa shape index (κ2) is 17.3. The lowest BCUT2D eigenvalue weighted by atomic mass is 9.69. The Balaban J connectivity index is 1.08. The summed E-state index contributed by atoms with van der Waals surface area (Å²) >= 11 is 0. The Morgan fingerprint density at radius 3 is 1.26 bits per heavy atom. The van der Waals surface area contributed by atoms with Gasteiger partial charge in [0.25, 0.3) is 0 Å². The van der Waals surface area contributed by atoms with Gasteiger partial charge in [0, 0.05) is 33.5 Å². The molecular formula is C62H62N2O. The summed E-state index contributed by atoms with van der Waals surface area (Å²) in [6.45, 7) is 20.4. The van der Waals surface area contributed by atoms with Crippen molar-refractivity contribution in [1.82, 2.24) is 4.57 Å². The fourth-order valence-corrected chi connectivity index (χ4v) is 9.38. The van der Waals surface area contributed by atoms with Crippen LogP contribution < -0.4 is 9.64 Å². The Kier molecular flexibility index (Phi) is 11.5. The lowest BCUT2D eigenvalue weighted by molar-refractivity contribution is 0.131. The molecule has 0 N–H and O–H groups in total. The van der Waals surface area contributed by atoms with E-state index in [-0.39, 0.29) is 16.4 Å². The van der Waals surface area contributed by atoms with Crippen LogP contribution in [0.15, 0.2) is 194 Å². The Morgan fingerprint density at radius 1 is 0.431 bits per heavy atom. The van der Waals surface area contributed by atoms with Gasteiger partial charge in [-0.2, -0.15) is 0 Å². The second-order valence-corrected chi connectivity index (χ2v) is 20.9. The molecule has 0 saturated heterocycles. The van der Waals surface area contributed by atoms with E-state index in [0.717, 1.165) is 40.4 Å². The van der Waals surface area contributed by atoms with E-state index in [1.807, 2.05) is 0 Å². The van der Waals surface area contributed by atoms with Gasteiger partial charge in [-0.15, -0.1) is 0 Å². The number of anilines is 3. The van der Waals surface area contributed by atoms with Crippen molar-refractivity contribution in [2.45, 2.75) is 80.3 Å². The number of aromatic nitrogens is 1. The highest BCUT2D eigenvalue weighted by Crippen LogP contribution is 2.44. The van der Waals surface area contributed by atoms with Gasteiger partial charge in [-0.3, -0.25) is 0 Å². The zero-order chi connectivity index (χ0) is 45.5. The van der Waals surface area contributed by atoms with E-state index < -0.39 is 0 Å². The molecule has 0 radical (unpaired) electrons. The van der Waals surface area contributed by atoms with Crippen LogP contribution in [0.1, 0.15) is 80.2 Å². The fourth-order valence-electron chi connectivity index (χ4n) is 9.38. The topological polar surface area (TPSA) is 17.4 Å². The minimum Gasteiger partial charge on any atom is -0.488 e. The monoisotopic (exact) mass is 850 g/mol. The number of benzene rings is 8. The maximum atomic E-state index is 6.22. The van der Waals surface area contributed by atoms with Crippen LogP contribution in [-0.2, 0) is 0 Å². The molecule has 326 valence electrons. The van der Waals surface area contributed by atoms with Crippen molar-refractivity contribution in [1.29, 1.82) is 0 Å². The molecule has 0 aliphatic carbocycles. The Bertz CT molecular complexity index is 2990. The summed E-state index contributed by atoms with van der Waals surface area (Å²) < 4.78 is 8.61. The van der Waals surface area contributed by atoms with Crippen LogP contribution in [0.25, 0.3) is 60.9 Å². The van der Waals surface area contributed by atoms with Gasteiger partial charge in [-0.25, -0.2) is 0 Å². The summed E-state index contributed by atoms with van der Waals surface area (Å²) in [5.74, 6) is 1.36. The molecule has 1 atom stereocenters. The first-order chi connectivity index (χ1) is 31.1. The Morgan fingerprint density at radius 2 is 0.831 bits per heavy atom. The summed E-state index contributed by atoms with van der Waals surface area (Å²) in [6, 6.07) is 70.9. The summed E-state index contributed by atoms with van der Waals surface area (Å²) in [6.07, 6.45) is 1.16. The summed E-state index contributed by atoms with van der Waals surface area (Å²) in [5, 5.41) is 2.43. The van der Waals surface area contributed by atoms with Gasteiger partial charge in [-0.1, -0.05) is 151 Å². The van der Waals surface area contributed by atoms with Crippen LogP contribution in [0.4, 0.5) is 17.1 Å². The first-order valence-corrected chi connectivity index (χ1v) is 23.2. The number of ether oxygens (including phenoxy) is 1. The van der Waals surface area contributed by atoms with Crippen molar-refractivity contribution in [2.24, 2.45) is 10.8 Å². The smallest absolute Gasteiger partial charge is 0.120 e. The Hall–Kier alpha value is -6.84. The predicted molar refractivity (Wildman–Crippen MR) is 278 cm³/mol. The van der Waals surface area contributed by atoms with Gasteiger partial charge < -0.3 is 14.2 Å². The van der Waals surface area contributed by atoms with E-state index in [2.05, 4.69) is 266 Å². The van der Waals surface area contributed by atoms with Crippen molar-refractivity contribution >= 4 is 38.9 Å². The minimum atomic E-state index is -0.273. The molecule has 0 fully saturated rings. The quantitative estimate of drug-likeness (QED) is 0.136. The van der Waals surface area contributed by atoms with E-state index in [0.29, 0.717) is 5.92 Å². The van der Waals surface area contributed by atoms with E-state index in [4.69, 9.17) is 4.74 Å². The zero-order valence-corrected chi connectivity index (χ0v) is 39.6. The molecule has 0 bridgehead atoms. The van der Waals surface area contributed by atoms with Crippen LogP contribution in [-0.4, -0.2) is 10.2 Å². The lowest BCUT2D eigenvalue weighted by Crippen LogP contribution is -2.23. The van der Waals surface area contributed by atoms with Crippen molar-refractivity contribution in [3.63, 3.8) is 0 Å². The first kappa shape index (κ1) is 43.4. The molecule has 0 spiro atoms. The summed E-state index contributed by atoms with van der Waals surface area (Å²) in [4.78, 5) is 2.30. The number of para-hydroxylation sites is 2. The van der Waals surface area contributed by atoms with Gasteiger partial charge in [0.15, 0.2) is 0 Å². The maximum Gasteiger partial charge on any atom is 0.120 e. The molecule has 3 nitrogen and oxygen atoms in total. The van der Waals surface area contributed by atoms with Crippen molar-refractivity contribution < 1.29 is 4.74 Å². The van der Waals surface area contributed by atoms with E-state index >= 15 is 0 Å². The van der Waals surface area contributed by atoms with Crippen LogP contribution >= 0.6 is 0 Å². The molecule has 8 aromatic carbocycles. The highest BCUT2D eigenvalue weighted by Gasteiger charge is 2.30. The highest BCUT2D eigenvalue weighted by atomic mass is 16.5. The molecule has 1 heterocycles. The molecule has 3 heteroatoms. The molecule has 65 heavy (non-hydrogen) atoms. The van der Waals surface area contributed by atoms with Crippen LogP contribution in [0.2, 0.25) is 0 Å². The average molecular weight is 851 g/mol. The number of hydrogen-bond acceptors (Lipinski definition) is 2. The molecule has 0 aliphatic heterocycles. The molecular weight excluding hydrogens is 789 g/mol. The summed E-state index contributed by atoms with van der Waals surface area (Å²) in [5.41, 5.74) is 15.6. The van der Waals surface area contributed by atoms with E-state index in [1.54, 1.807) is 0 Å². The highest BCUT2D eigenvalue weighted by molar-refractivity contribution is 6.11. The molecule has 0 amide bonds. The minimum absolute atomic E-state index is 0.191. The van der Waals surface area contributed by atoms with Crippen molar-refractivity contribution in [3.05, 3.63) is 200 Å². The van der Waals surface area contributed by atoms with Gasteiger partial charge in [0.1, 0.15) is 11.4 Å². The van der Waals surface area contributed by atoms with E-state index in [9.17, 15) is 0 Å². The predicted octanol–water partition coefficient (Wildman–Crippen LogP) is 18.0. The van der Waals surface area contributed by atoms with Crippen molar-refractivity contribution in [3.8, 4) is 44.8 Å². The van der Waals surface area contributed by atoms with Crippen LogP contribution in [0.5, 0.6) is 5.75 Å². The molecule has 9 aromatic rings. The van der Waals surface area contributed by atoms with Gasteiger partial charge in [-0.05, 0) is 168 Å². The van der Waals surface area contributed by atoms with Gasteiger partial charge >= 0.3 is 0 Å². The largest absolute Gasteiger partial charge is 0.488 e. The maximum absolute atomic E-state index is 6.22. The SMILES string of the molecule is CC(C)(C)CC(c1ccc(-c2ccc(-c3ccc4c(c3)c3cc(-c5ccc(N(c6ccccc6)c6ccccc6)cc5)ccc3n4-c3ccc(OC(C)(C)C)cc3)cc2)cc1)C(C)(C)C. The molecule has 0 aliphatic rings. The van der Waals surface area contributed by atoms with Crippen LogP contribution in [0.3, 0.4) is 0 Å². The lowest BCUT2D eigenvalue weighted by Gasteiger charge is -2.36. The zero-order valence-electron chi connectivity index (χ0n) is 39.6. The third-order valence-corrected chi connectivity index (χ3v) is 12.5. The molecule has 1 unspecified atom stereocenters. The standard InChI is InChI=1S/C62H62N2O/c1-60(2,3)42-57(61(4,5)6)47-26-24-44(25-27-47)43-20-22-45(23-21-43)48-30-38-58-55(40-48)56-41-49(31-39-59(56)64(58)53-34-36-54(37-35-53)65-62(7,8)9)46-28-32-52(33-29-46)63(50-16-12-10-13-17-50)51-18-14-11-15-19-51/h10-41,57H,42H2,1-9H3. The number of hydrogen-bond donors (Lipinski definition) is 0. The first-order valence-electron chi connectivity index (χ1n) is 23.2.